The topological polar surface area (TPSA) is 32.3 Å². The van der Waals surface area contributed by atoms with Crippen molar-refractivity contribution in [3.63, 3.8) is 0 Å². The Bertz CT molecular complexity index is 417. The monoisotopic (exact) mass is 394 g/mol. The van der Waals surface area contributed by atoms with E-state index < -0.39 is 5.54 Å². The maximum absolute atomic E-state index is 12.5. The number of nitrogens with zero attached hydrogens (tertiary/aromatic N) is 1. The third-order valence-corrected chi connectivity index (χ3v) is 6.31. The summed E-state index contributed by atoms with van der Waals surface area (Å²) in [4.78, 5) is 14.5. The lowest BCUT2D eigenvalue weighted by molar-refractivity contribution is -0.133. The van der Waals surface area contributed by atoms with E-state index >= 15 is 0 Å². The minimum Gasteiger partial charge on any atom is -0.323 e. The highest BCUT2D eigenvalue weighted by Gasteiger charge is 2.48. The molecule has 1 N–H and O–H groups in total. The first-order chi connectivity index (χ1) is 13.3. The highest BCUT2D eigenvalue weighted by Crippen LogP contribution is 2.28. The molecule has 0 saturated carbocycles. The molecule has 0 unspecified atom stereocenters. The maximum atomic E-state index is 12.5. The van der Waals surface area contributed by atoms with Crippen LogP contribution >= 0.6 is 0 Å². The van der Waals surface area contributed by atoms with Gasteiger partial charge in [0.15, 0.2) is 0 Å². The zero-order valence-electron chi connectivity index (χ0n) is 19.9. The van der Waals surface area contributed by atoms with Gasteiger partial charge in [0.1, 0.15) is 0 Å². The second kappa shape index (κ2) is 13.6. The van der Waals surface area contributed by atoms with Gasteiger partial charge in [-0.05, 0) is 34.1 Å². The first kappa shape index (κ1) is 25.5. The molecule has 0 bridgehead atoms. The summed E-state index contributed by atoms with van der Waals surface area (Å²) in [5.41, 5.74) is -0.630. The Hall–Kier alpha value is -0.570. The fourth-order valence-corrected chi connectivity index (χ4v) is 4.68. The fourth-order valence-electron chi connectivity index (χ4n) is 4.68. The Morgan fingerprint density at radius 1 is 0.643 bits per heavy atom. The molecule has 1 heterocycles. The molecule has 0 aromatic rings. The van der Waals surface area contributed by atoms with Crippen LogP contribution in [0.3, 0.4) is 0 Å². The lowest BCUT2D eigenvalue weighted by Crippen LogP contribution is -2.48. The SMILES string of the molecule is CCCCCCCCCCCCCCCCCCN1C(=O)C(C)(C)NC1(C)C. The number of rotatable bonds is 17. The van der Waals surface area contributed by atoms with E-state index in [1.165, 1.54) is 96.3 Å². The first-order valence-corrected chi connectivity index (χ1v) is 12.4. The van der Waals surface area contributed by atoms with Crippen LogP contribution in [0.5, 0.6) is 0 Å². The van der Waals surface area contributed by atoms with Crippen molar-refractivity contribution in [2.24, 2.45) is 0 Å². The van der Waals surface area contributed by atoms with Crippen LogP contribution in [-0.2, 0) is 4.79 Å². The molecular formula is C25H50N2O. The van der Waals surface area contributed by atoms with Gasteiger partial charge in [-0.25, -0.2) is 0 Å². The summed E-state index contributed by atoms with van der Waals surface area (Å²) in [6.07, 6.45) is 22.2. The maximum Gasteiger partial charge on any atom is 0.243 e. The van der Waals surface area contributed by atoms with Crippen molar-refractivity contribution in [2.45, 2.75) is 149 Å². The van der Waals surface area contributed by atoms with Gasteiger partial charge in [0.2, 0.25) is 5.91 Å². The summed E-state index contributed by atoms with van der Waals surface area (Å²) in [5, 5.41) is 3.45. The molecule has 1 rings (SSSR count). The van der Waals surface area contributed by atoms with E-state index in [-0.39, 0.29) is 11.6 Å². The van der Waals surface area contributed by atoms with E-state index in [0.717, 1.165) is 13.0 Å². The number of unbranched alkanes of at least 4 members (excludes halogenated alkanes) is 15. The predicted octanol–water partition coefficient (Wildman–Crippen LogP) is 7.19. The smallest absolute Gasteiger partial charge is 0.243 e. The predicted molar refractivity (Wildman–Crippen MR) is 123 cm³/mol. The van der Waals surface area contributed by atoms with Gasteiger partial charge in [-0.3, -0.25) is 10.1 Å². The fraction of sp³-hybridized carbons (Fsp3) is 0.960. The van der Waals surface area contributed by atoms with Crippen LogP contribution in [-0.4, -0.2) is 28.6 Å². The van der Waals surface area contributed by atoms with E-state index in [9.17, 15) is 4.79 Å². The van der Waals surface area contributed by atoms with E-state index in [2.05, 4.69) is 26.1 Å². The third kappa shape index (κ3) is 9.76. The second-order valence-corrected chi connectivity index (χ2v) is 10.1. The average Bonchev–Trinajstić information content (AvgIpc) is 2.78. The van der Waals surface area contributed by atoms with Gasteiger partial charge in [0.25, 0.3) is 0 Å². The van der Waals surface area contributed by atoms with E-state index in [4.69, 9.17) is 0 Å². The minimum atomic E-state index is -0.418. The summed E-state index contributed by atoms with van der Waals surface area (Å²) in [7, 11) is 0. The Labute approximate surface area is 176 Å². The molecule has 1 aliphatic rings. The minimum absolute atomic E-state index is 0.212. The molecule has 1 aliphatic heterocycles. The molecule has 0 aromatic heterocycles. The Morgan fingerprint density at radius 3 is 1.32 bits per heavy atom. The quantitative estimate of drug-likeness (QED) is 0.265. The van der Waals surface area contributed by atoms with Gasteiger partial charge >= 0.3 is 0 Å². The molecule has 166 valence electrons. The van der Waals surface area contributed by atoms with Crippen molar-refractivity contribution in [3.8, 4) is 0 Å². The lowest BCUT2D eigenvalue weighted by Gasteiger charge is -2.31. The first-order valence-electron chi connectivity index (χ1n) is 12.4. The third-order valence-electron chi connectivity index (χ3n) is 6.31. The van der Waals surface area contributed by atoms with Crippen molar-refractivity contribution >= 4 is 5.91 Å². The number of hydrogen-bond donors (Lipinski definition) is 1. The summed E-state index contributed by atoms with van der Waals surface area (Å²) in [5.74, 6) is 0.249. The molecule has 0 atom stereocenters. The molecule has 3 heteroatoms. The van der Waals surface area contributed by atoms with Gasteiger partial charge in [0, 0.05) is 6.54 Å². The summed E-state index contributed by atoms with van der Waals surface area (Å²) >= 11 is 0. The number of hydrogen-bond acceptors (Lipinski definition) is 2. The molecular weight excluding hydrogens is 344 g/mol. The zero-order chi connectivity index (χ0) is 20.9. The van der Waals surface area contributed by atoms with Gasteiger partial charge in [0.05, 0.1) is 11.2 Å². The van der Waals surface area contributed by atoms with Crippen LogP contribution < -0.4 is 5.32 Å². The normalized spacial score (nSPS) is 18.2. The standard InChI is InChI=1S/C25H50N2O/c1-6-7-8-9-10-11-12-13-14-15-16-17-18-19-20-21-22-27-23(28)24(2,3)26-25(27,4)5/h26H,6-22H2,1-5H3. The van der Waals surface area contributed by atoms with Crippen LogP contribution in [0.1, 0.15) is 137 Å². The highest BCUT2D eigenvalue weighted by molar-refractivity contribution is 5.88. The number of amides is 1. The van der Waals surface area contributed by atoms with Crippen molar-refractivity contribution < 1.29 is 4.79 Å². The van der Waals surface area contributed by atoms with Crippen LogP contribution in [0.25, 0.3) is 0 Å². The molecule has 3 nitrogen and oxygen atoms in total. The van der Waals surface area contributed by atoms with Gasteiger partial charge in [-0.15, -0.1) is 0 Å². The van der Waals surface area contributed by atoms with Gasteiger partial charge in [-0.2, -0.15) is 0 Å². The van der Waals surface area contributed by atoms with Crippen molar-refractivity contribution in [2.75, 3.05) is 6.54 Å². The lowest BCUT2D eigenvalue weighted by atomic mass is 10.0. The van der Waals surface area contributed by atoms with Crippen molar-refractivity contribution in [1.29, 1.82) is 0 Å². The Balaban J connectivity index is 1.88. The summed E-state index contributed by atoms with van der Waals surface area (Å²) in [6.45, 7) is 11.4. The van der Waals surface area contributed by atoms with Crippen LogP contribution in [0, 0.1) is 0 Å². The average molecular weight is 395 g/mol. The summed E-state index contributed by atoms with van der Waals surface area (Å²) in [6, 6.07) is 0. The molecule has 1 fully saturated rings. The van der Waals surface area contributed by atoms with Crippen molar-refractivity contribution in [3.05, 3.63) is 0 Å². The van der Waals surface area contributed by atoms with Crippen LogP contribution in [0.2, 0.25) is 0 Å². The van der Waals surface area contributed by atoms with E-state index in [0.29, 0.717) is 0 Å². The molecule has 0 aliphatic carbocycles. The van der Waals surface area contributed by atoms with E-state index in [1.54, 1.807) is 0 Å². The second-order valence-electron chi connectivity index (χ2n) is 10.1. The molecule has 0 spiro atoms. The molecule has 1 saturated heterocycles. The zero-order valence-corrected chi connectivity index (χ0v) is 19.9. The van der Waals surface area contributed by atoms with Gasteiger partial charge in [-0.1, -0.05) is 103 Å². The largest absolute Gasteiger partial charge is 0.323 e. The van der Waals surface area contributed by atoms with Crippen LogP contribution in [0.4, 0.5) is 0 Å². The van der Waals surface area contributed by atoms with E-state index in [1.807, 2.05) is 18.7 Å². The number of carbonyl (C=O) groups is 1. The Kier molecular flexibility index (Phi) is 12.4. The molecule has 28 heavy (non-hydrogen) atoms. The number of carbonyl (C=O) groups excluding carboxylic acids is 1. The van der Waals surface area contributed by atoms with Crippen LogP contribution in [0.15, 0.2) is 0 Å². The summed E-state index contributed by atoms with van der Waals surface area (Å²) < 4.78 is 0. The molecule has 0 aromatic carbocycles. The van der Waals surface area contributed by atoms with Gasteiger partial charge < -0.3 is 4.90 Å². The Morgan fingerprint density at radius 2 is 1.00 bits per heavy atom. The highest BCUT2D eigenvalue weighted by atomic mass is 16.2. The molecule has 0 radical (unpaired) electrons. The van der Waals surface area contributed by atoms with Crippen molar-refractivity contribution in [1.82, 2.24) is 10.2 Å². The molecule has 1 amide bonds. The number of nitrogens with one attached hydrogen (secondary N) is 1.